The van der Waals surface area contributed by atoms with E-state index in [0.29, 0.717) is 22.8 Å². The van der Waals surface area contributed by atoms with Crippen molar-refractivity contribution in [2.45, 2.75) is 20.3 Å². The van der Waals surface area contributed by atoms with Crippen molar-refractivity contribution in [3.8, 4) is 0 Å². The molecule has 0 saturated carbocycles. The number of para-hydroxylation sites is 1. The van der Waals surface area contributed by atoms with Crippen molar-refractivity contribution >= 4 is 38.4 Å². The fraction of sp³-hybridized carbons (Fsp3) is 0.375. The van der Waals surface area contributed by atoms with Gasteiger partial charge in [0, 0.05) is 37.3 Å². The number of amides is 1. The molecule has 1 saturated heterocycles. The van der Waals surface area contributed by atoms with Crippen molar-refractivity contribution in [3.63, 3.8) is 0 Å². The Morgan fingerprint density at radius 2 is 1.81 bits per heavy atom. The van der Waals surface area contributed by atoms with E-state index in [1.165, 1.54) is 12.5 Å². The lowest BCUT2D eigenvalue weighted by atomic mass is 10.1. The first-order valence-electron chi connectivity index (χ1n) is 10.7. The summed E-state index contributed by atoms with van der Waals surface area (Å²) in [7, 11) is 0. The molecule has 0 unspecified atom stereocenters. The van der Waals surface area contributed by atoms with Gasteiger partial charge < -0.3 is 4.74 Å². The Morgan fingerprint density at radius 3 is 2.48 bits per heavy atom. The van der Waals surface area contributed by atoms with E-state index >= 15 is 0 Å². The number of morpholine rings is 1. The normalized spacial score (nSPS) is 14.6. The number of carbonyl (C=O) groups excluding carboxylic acids is 2. The summed E-state index contributed by atoms with van der Waals surface area (Å²) < 4.78 is 6.53. The van der Waals surface area contributed by atoms with Gasteiger partial charge >= 0.3 is 0 Å². The maximum atomic E-state index is 13.5. The number of carbonyl (C=O) groups is 2. The summed E-state index contributed by atoms with van der Waals surface area (Å²) in [6, 6.07) is 13.1. The van der Waals surface area contributed by atoms with Gasteiger partial charge in [-0.1, -0.05) is 42.5 Å². The van der Waals surface area contributed by atoms with Crippen LogP contribution in [0.25, 0.3) is 10.2 Å². The second-order valence-electron chi connectivity index (χ2n) is 7.66. The summed E-state index contributed by atoms with van der Waals surface area (Å²) >= 11 is 1.55. The van der Waals surface area contributed by atoms with Crippen molar-refractivity contribution in [1.82, 2.24) is 9.88 Å². The highest BCUT2D eigenvalue weighted by Gasteiger charge is 2.23. The highest BCUT2D eigenvalue weighted by atomic mass is 32.1. The molecule has 2 heterocycles. The van der Waals surface area contributed by atoms with Crippen LogP contribution in [0.4, 0.5) is 5.13 Å². The van der Waals surface area contributed by atoms with Gasteiger partial charge in [0.2, 0.25) is 0 Å². The summed E-state index contributed by atoms with van der Waals surface area (Å²) in [5, 5.41) is 0.713. The number of benzene rings is 2. The van der Waals surface area contributed by atoms with Gasteiger partial charge in [-0.2, -0.15) is 0 Å². The van der Waals surface area contributed by atoms with Gasteiger partial charge in [0.05, 0.1) is 23.4 Å². The zero-order valence-corrected chi connectivity index (χ0v) is 18.8. The zero-order valence-electron chi connectivity index (χ0n) is 18.0. The number of anilines is 1. The predicted octanol–water partition coefficient (Wildman–Crippen LogP) is 4.04. The van der Waals surface area contributed by atoms with Crippen molar-refractivity contribution in [3.05, 3.63) is 59.2 Å². The van der Waals surface area contributed by atoms with Crippen molar-refractivity contribution in [2.24, 2.45) is 0 Å². The van der Waals surface area contributed by atoms with Crippen LogP contribution in [0.3, 0.4) is 0 Å². The Kier molecular flexibility index (Phi) is 6.75. The first-order valence-corrected chi connectivity index (χ1v) is 11.5. The Hall–Kier alpha value is -2.61. The molecule has 0 atom stereocenters. The highest BCUT2D eigenvalue weighted by Crippen LogP contribution is 2.32. The minimum atomic E-state index is -0.0968. The van der Waals surface area contributed by atoms with Crippen LogP contribution in [0.1, 0.15) is 40.1 Å². The minimum absolute atomic E-state index is 0.0126. The number of ether oxygens (including phenoxy) is 1. The maximum Gasteiger partial charge on any atom is 0.260 e. The molecule has 1 aromatic heterocycles. The zero-order chi connectivity index (χ0) is 21.8. The fourth-order valence-corrected chi connectivity index (χ4v) is 4.79. The van der Waals surface area contributed by atoms with Crippen LogP contribution < -0.4 is 4.90 Å². The summed E-state index contributed by atoms with van der Waals surface area (Å²) in [5.74, 6) is -0.109. The lowest BCUT2D eigenvalue weighted by Gasteiger charge is -2.29. The summed E-state index contributed by atoms with van der Waals surface area (Å²) in [6.07, 6.45) is 0.898. The largest absolute Gasteiger partial charge is 0.379 e. The number of aryl methyl sites for hydroxylation is 1. The van der Waals surface area contributed by atoms with E-state index in [4.69, 9.17) is 9.72 Å². The van der Waals surface area contributed by atoms with Crippen molar-refractivity contribution < 1.29 is 14.3 Å². The van der Waals surface area contributed by atoms with Gasteiger partial charge in [0.1, 0.15) is 0 Å². The number of nitrogens with zero attached hydrogens (tertiary/aromatic N) is 3. The third-order valence-electron chi connectivity index (χ3n) is 5.63. The maximum absolute atomic E-state index is 13.5. The molecule has 0 bridgehead atoms. The SMILES string of the molecule is CCc1cccc2sc(N(CCN3CCOCC3)C(=O)c3ccc(C(C)=O)cc3)nc12. The molecule has 6 nitrogen and oxygen atoms in total. The first-order chi connectivity index (χ1) is 15.1. The van der Waals surface area contributed by atoms with Crippen LogP contribution in [0.2, 0.25) is 0 Å². The molecule has 0 N–H and O–H groups in total. The standard InChI is InChI=1S/C24H27N3O3S/c1-3-18-5-4-6-21-22(18)25-24(31-21)27(12-11-26-13-15-30-16-14-26)23(29)20-9-7-19(8-10-20)17(2)28/h4-10H,3,11-16H2,1-2H3. The third-order valence-corrected chi connectivity index (χ3v) is 6.67. The van der Waals surface area contributed by atoms with Crippen LogP contribution in [0, 0.1) is 0 Å². The average molecular weight is 438 g/mol. The topological polar surface area (TPSA) is 62.7 Å². The van der Waals surface area contributed by atoms with Crippen molar-refractivity contribution in [2.75, 3.05) is 44.3 Å². The summed E-state index contributed by atoms with van der Waals surface area (Å²) in [5.41, 5.74) is 3.32. The number of ketones is 1. The molecule has 7 heteroatoms. The second kappa shape index (κ2) is 9.68. The third kappa shape index (κ3) is 4.84. The monoisotopic (exact) mass is 437 g/mol. The summed E-state index contributed by atoms with van der Waals surface area (Å²) in [6.45, 7) is 8.14. The Bertz CT molecular complexity index is 1070. The van der Waals surface area contributed by atoms with Crippen LogP contribution in [0.5, 0.6) is 0 Å². The summed E-state index contributed by atoms with van der Waals surface area (Å²) in [4.78, 5) is 34.1. The molecule has 31 heavy (non-hydrogen) atoms. The van der Waals surface area contributed by atoms with E-state index in [0.717, 1.165) is 49.5 Å². The number of rotatable bonds is 7. The number of fused-ring (bicyclic) bond motifs is 1. The smallest absolute Gasteiger partial charge is 0.260 e. The first kappa shape index (κ1) is 21.6. The Balaban J connectivity index is 1.65. The molecule has 3 aromatic rings. The molecule has 2 aromatic carbocycles. The van der Waals surface area contributed by atoms with E-state index in [-0.39, 0.29) is 11.7 Å². The van der Waals surface area contributed by atoms with Crippen LogP contribution in [0.15, 0.2) is 42.5 Å². The molecule has 1 amide bonds. The van der Waals surface area contributed by atoms with Gasteiger partial charge in [0.25, 0.3) is 5.91 Å². The Morgan fingerprint density at radius 1 is 1.10 bits per heavy atom. The number of thiazole rings is 1. The average Bonchev–Trinajstić information content (AvgIpc) is 3.24. The van der Waals surface area contributed by atoms with E-state index in [2.05, 4.69) is 24.0 Å². The lowest BCUT2D eigenvalue weighted by molar-refractivity contribution is 0.0391. The quantitative estimate of drug-likeness (QED) is 0.522. The van der Waals surface area contributed by atoms with Gasteiger partial charge in [0.15, 0.2) is 10.9 Å². The van der Waals surface area contributed by atoms with Gasteiger partial charge in [-0.25, -0.2) is 4.98 Å². The molecule has 1 aliphatic rings. The molecular formula is C24H27N3O3S. The second-order valence-corrected chi connectivity index (χ2v) is 8.67. The molecule has 162 valence electrons. The highest BCUT2D eigenvalue weighted by molar-refractivity contribution is 7.22. The molecule has 0 spiro atoms. The molecule has 0 radical (unpaired) electrons. The molecule has 4 rings (SSSR count). The number of Topliss-reactive ketones (excluding diaryl/α,β-unsaturated/α-hetero) is 1. The van der Waals surface area contributed by atoms with Crippen molar-refractivity contribution in [1.29, 1.82) is 0 Å². The van der Waals surface area contributed by atoms with Crippen LogP contribution in [-0.4, -0.2) is 61.0 Å². The van der Waals surface area contributed by atoms with Crippen LogP contribution >= 0.6 is 11.3 Å². The van der Waals surface area contributed by atoms with Gasteiger partial charge in [-0.15, -0.1) is 0 Å². The fourth-order valence-electron chi connectivity index (χ4n) is 3.75. The van der Waals surface area contributed by atoms with E-state index in [1.807, 2.05) is 6.07 Å². The minimum Gasteiger partial charge on any atom is -0.379 e. The van der Waals surface area contributed by atoms with Gasteiger partial charge in [-0.05, 0) is 37.1 Å². The lowest BCUT2D eigenvalue weighted by Crippen LogP contribution is -2.43. The Labute approximate surface area is 186 Å². The van der Waals surface area contributed by atoms with Gasteiger partial charge in [-0.3, -0.25) is 19.4 Å². The van der Waals surface area contributed by atoms with E-state index in [9.17, 15) is 9.59 Å². The molecule has 1 aliphatic heterocycles. The number of hydrogen-bond donors (Lipinski definition) is 0. The number of hydrogen-bond acceptors (Lipinski definition) is 6. The van der Waals surface area contributed by atoms with Crippen LogP contribution in [-0.2, 0) is 11.2 Å². The van der Waals surface area contributed by atoms with E-state index in [1.54, 1.807) is 40.5 Å². The molecule has 1 fully saturated rings. The number of aromatic nitrogens is 1. The van der Waals surface area contributed by atoms with E-state index < -0.39 is 0 Å². The predicted molar refractivity (Wildman–Crippen MR) is 124 cm³/mol. The molecular weight excluding hydrogens is 410 g/mol. The molecule has 0 aliphatic carbocycles.